The second kappa shape index (κ2) is 6.30. The molecule has 0 radical (unpaired) electrons. The van der Waals surface area contributed by atoms with Gasteiger partial charge in [-0.05, 0) is 11.0 Å². The third kappa shape index (κ3) is 2.86. The zero-order chi connectivity index (χ0) is 13.3. The third-order valence-electron chi connectivity index (χ3n) is 2.97. The molecule has 18 heavy (non-hydrogen) atoms. The molecule has 0 heterocycles. The summed E-state index contributed by atoms with van der Waals surface area (Å²) in [6.45, 7) is 4.84. The molecule has 0 spiro atoms. The number of benzene rings is 1. The van der Waals surface area contributed by atoms with Gasteiger partial charge in [0.15, 0.2) is 5.41 Å². The Hall–Kier alpha value is -0.204. The molecule has 1 rings (SSSR count). The summed E-state index contributed by atoms with van der Waals surface area (Å²) in [5.74, 6) is -2.69. The van der Waals surface area contributed by atoms with E-state index in [9.17, 15) is 19.8 Å². The molecule has 1 aromatic rings. The maximum absolute atomic E-state index is 11.5. The maximum atomic E-state index is 11.5. The summed E-state index contributed by atoms with van der Waals surface area (Å²) in [6, 6.07) is 8.07. The van der Waals surface area contributed by atoms with Crippen molar-refractivity contribution in [2.24, 2.45) is 5.41 Å². The average Bonchev–Trinajstić information content (AvgIpc) is 2.16. The Morgan fingerprint density at radius 1 is 0.944 bits per heavy atom. The van der Waals surface area contributed by atoms with Gasteiger partial charge in [0.05, 0.1) is 0 Å². The van der Waals surface area contributed by atoms with Crippen LogP contribution in [0, 0.1) is 5.41 Å². The van der Waals surface area contributed by atoms with Gasteiger partial charge in [-0.25, -0.2) is 0 Å². The zero-order valence-electron chi connectivity index (χ0n) is 10.1. The fraction of sp³-hybridized carbons (Fsp3) is 0.385. The SMILES string of the molecule is CC(C)(C)C(C(=O)O)(C(=O)O)c1ccccc1.[KH]. The van der Waals surface area contributed by atoms with Gasteiger partial charge in [0.25, 0.3) is 0 Å². The molecule has 5 heteroatoms. The van der Waals surface area contributed by atoms with Gasteiger partial charge in [-0.3, -0.25) is 9.59 Å². The van der Waals surface area contributed by atoms with Crippen LogP contribution in [-0.4, -0.2) is 73.5 Å². The number of carboxylic acids is 2. The molecule has 0 amide bonds. The van der Waals surface area contributed by atoms with Gasteiger partial charge in [0, 0.05) is 0 Å². The zero-order valence-corrected chi connectivity index (χ0v) is 10.1. The second-order valence-electron chi connectivity index (χ2n) is 4.98. The van der Waals surface area contributed by atoms with Gasteiger partial charge in [-0.15, -0.1) is 0 Å². The van der Waals surface area contributed by atoms with Crippen LogP contribution in [0.15, 0.2) is 30.3 Å². The summed E-state index contributed by atoms with van der Waals surface area (Å²) in [6.07, 6.45) is 0. The molecular weight excluding hydrogens is 259 g/mol. The van der Waals surface area contributed by atoms with E-state index in [4.69, 9.17) is 0 Å². The Morgan fingerprint density at radius 2 is 1.33 bits per heavy atom. The standard InChI is InChI=1S/C13H16O4.K.H/c1-12(2,3)13(10(14)15,11(16)17)9-7-5-4-6-8-9;;/h4-8H,1-3H3,(H,14,15)(H,16,17);;. The number of hydrogen-bond acceptors (Lipinski definition) is 2. The van der Waals surface area contributed by atoms with Crippen molar-refractivity contribution < 1.29 is 19.8 Å². The van der Waals surface area contributed by atoms with E-state index in [0.717, 1.165) is 0 Å². The fourth-order valence-corrected chi connectivity index (χ4v) is 2.10. The number of carbonyl (C=O) groups is 2. The van der Waals surface area contributed by atoms with E-state index < -0.39 is 22.8 Å². The average molecular weight is 276 g/mol. The predicted molar refractivity (Wildman–Crippen MR) is 70.0 cm³/mol. The molecule has 0 bridgehead atoms. The third-order valence-corrected chi connectivity index (χ3v) is 2.97. The summed E-state index contributed by atoms with van der Waals surface area (Å²) in [5, 5.41) is 18.8. The molecule has 0 atom stereocenters. The summed E-state index contributed by atoms with van der Waals surface area (Å²) >= 11 is 0. The Morgan fingerprint density at radius 3 is 1.61 bits per heavy atom. The van der Waals surface area contributed by atoms with Crippen molar-refractivity contribution in [1.82, 2.24) is 0 Å². The first-order valence-corrected chi connectivity index (χ1v) is 5.27. The number of rotatable bonds is 3. The second-order valence-corrected chi connectivity index (χ2v) is 4.98. The topological polar surface area (TPSA) is 74.6 Å². The van der Waals surface area contributed by atoms with E-state index in [1.807, 2.05) is 0 Å². The minimum atomic E-state index is -1.94. The van der Waals surface area contributed by atoms with Gasteiger partial charge in [-0.2, -0.15) is 0 Å². The van der Waals surface area contributed by atoms with Crippen molar-refractivity contribution in [3.05, 3.63) is 35.9 Å². The van der Waals surface area contributed by atoms with Gasteiger partial charge in [0.2, 0.25) is 0 Å². The van der Waals surface area contributed by atoms with Crippen LogP contribution in [0.2, 0.25) is 0 Å². The molecule has 4 nitrogen and oxygen atoms in total. The minimum absolute atomic E-state index is 0. The number of aliphatic carboxylic acids is 2. The molecule has 0 saturated carbocycles. The van der Waals surface area contributed by atoms with Crippen LogP contribution in [-0.2, 0) is 15.0 Å². The summed E-state index contributed by atoms with van der Waals surface area (Å²) in [5.41, 5.74) is -2.59. The quantitative estimate of drug-likeness (QED) is 0.648. The van der Waals surface area contributed by atoms with Gasteiger partial charge in [0.1, 0.15) is 0 Å². The van der Waals surface area contributed by atoms with Crippen molar-refractivity contribution >= 4 is 63.3 Å². The van der Waals surface area contributed by atoms with Gasteiger partial charge >= 0.3 is 63.3 Å². The van der Waals surface area contributed by atoms with Crippen molar-refractivity contribution in [3.8, 4) is 0 Å². The monoisotopic (exact) mass is 276 g/mol. The fourth-order valence-electron chi connectivity index (χ4n) is 2.10. The molecular formula is C13H17KO4. The van der Waals surface area contributed by atoms with E-state index in [-0.39, 0.29) is 56.9 Å². The Kier molecular flexibility index (Phi) is 6.23. The first kappa shape index (κ1) is 17.8. The van der Waals surface area contributed by atoms with Crippen molar-refractivity contribution in [2.75, 3.05) is 0 Å². The van der Waals surface area contributed by atoms with Crippen LogP contribution in [0.25, 0.3) is 0 Å². The predicted octanol–water partition coefficient (Wildman–Crippen LogP) is 1.49. The molecule has 0 aromatic heterocycles. The van der Waals surface area contributed by atoms with E-state index in [0.29, 0.717) is 0 Å². The summed E-state index contributed by atoms with van der Waals surface area (Å²) < 4.78 is 0. The van der Waals surface area contributed by atoms with Crippen LogP contribution in [0.4, 0.5) is 0 Å². The van der Waals surface area contributed by atoms with E-state index in [1.54, 1.807) is 39.0 Å². The van der Waals surface area contributed by atoms with Crippen molar-refractivity contribution in [3.63, 3.8) is 0 Å². The number of hydrogen-bond donors (Lipinski definition) is 2. The van der Waals surface area contributed by atoms with Crippen LogP contribution >= 0.6 is 0 Å². The normalized spacial score (nSPS) is 11.5. The molecule has 94 valence electrons. The Balaban J connectivity index is 0.00000289. The van der Waals surface area contributed by atoms with Gasteiger partial charge in [-0.1, -0.05) is 51.1 Å². The van der Waals surface area contributed by atoms with E-state index >= 15 is 0 Å². The van der Waals surface area contributed by atoms with Gasteiger partial charge < -0.3 is 10.2 Å². The first-order valence-electron chi connectivity index (χ1n) is 5.27. The van der Waals surface area contributed by atoms with Crippen LogP contribution in [0.5, 0.6) is 0 Å². The molecule has 0 aliphatic rings. The summed E-state index contributed by atoms with van der Waals surface area (Å²) in [4.78, 5) is 23.1. The molecule has 2 N–H and O–H groups in total. The molecule has 1 aromatic carbocycles. The Labute approximate surface area is 149 Å². The summed E-state index contributed by atoms with van der Waals surface area (Å²) in [7, 11) is 0. The molecule has 0 aliphatic carbocycles. The molecule has 0 aliphatic heterocycles. The van der Waals surface area contributed by atoms with Crippen LogP contribution in [0.1, 0.15) is 26.3 Å². The first-order chi connectivity index (χ1) is 7.74. The van der Waals surface area contributed by atoms with Crippen molar-refractivity contribution in [2.45, 2.75) is 26.2 Å². The van der Waals surface area contributed by atoms with E-state index in [1.165, 1.54) is 12.1 Å². The van der Waals surface area contributed by atoms with Crippen LogP contribution < -0.4 is 0 Å². The molecule has 0 unspecified atom stereocenters. The van der Waals surface area contributed by atoms with E-state index in [2.05, 4.69) is 0 Å². The van der Waals surface area contributed by atoms with Crippen molar-refractivity contribution in [1.29, 1.82) is 0 Å². The Bertz CT molecular complexity index is 420. The number of carboxylic acid groups (broad SMARTS) is 2. The molecule has 0 fully saturated rings. The van der Waals surface area contributed by atoms with Crippen LogP contribution in [0.3, 0.4) is 0 Å². The molecule has 0 saturated heterocycles.